The maximum Gasteiger partial charge on any atom is 0.431 e. The van der Waals surface area contributed by atoms with E-state index in [9.17, 15) is 35.9 Å². The number of aliphatic hydroxyl groups excluding tert-OH is 1. The van der Waals surface area contributed by atoms with Gasteiger partial charge in [0.1, 0.15) is 17.1 Å². The fraction of sp³-hybridized carbons (Fsp3) is 0.156. The second kappa shape index (κ2) is 53.7. The van der Waals surface area contributed by atoms with E-state index in [0.29, 0.717) is 17.5 Å². The number of alkyl halides is 6. The molecule has 0 saturated heterocycles. The number of aliphatic hydroxyl groups is 1. The van der Waals surface area contributed by atoms with Crippen LogP contribution in [0.15, 0.2) is 329 Å². The van der Waals surface area contributed by atoms with Gasteiger partial charge in [-0.1, -0.05) is 125 Å². The molecule has 0 atom stereocenters. The molecule has 718 valence electrons. The molecule has 18 rings (SSSR count). The average molecular weight is 2580 g/mol. The van der Waals surface area contributed by atoms with Crippen molar-refractivity contribution in [3.63, 3.8) is 0 Å². The molecule has 0 unspecified atom stereocenters. The molecule has 0 aliphatic rings. The molecule has 0 spiro atoms. The number of aromatic carboxylic acids is 1. The number of allylic oxidation sites excluding steroid dienone is 2. The number of carboxylic acids is 1. The van der Waals surface area contributed by atoms with Crippen LogP contribution in [0.2, 0.25) is 0 Å². The number of benzene rings is 10. The second-order valence-electron chi connectivity index (χ2n) is 31.4. The molecular formula is C109H100F6Ir4N14O4P-5. The fourth-order valence-electron chi connectivity index (χ4n) is 15.3. The summed E-state index contributed by atoms with van der Waals surface area (Å²) in [6, 6.07) is 93.7. The van der Waals surface area contributed by atoms with Crippen LogP contribution >= 0.6 is 7.92 Å². The molecule has 8 aromatic heterocycles. The molecule has 8 heterocycles. The zero-order valence-electron chi connectivity index (χ0n) is 77.9. The minimum Gasteiger partial charge on any atom is -0.576 e. The number of imidazole rings is 4. The van der Waals surface area contributed by atoms with Gasteiger partial charge in [-0.3, -0.25) is 29.7 Å². The predicted octanol–water partition coefficient (Wildman–Crippen LogP) is 24.4. The number of ketones is 1. The van der Waals surface area contributed by atoms with E-state index in [2.05, 4.69) is 224 Å². The molecule has 2 N–H and O–H groups in total. The number of aryl methyl sites for hydroxylation is 12. The number of hydrogen-bond acceptors (Lipinski definition) is 11. The normalized spacial score (nSPS) is 10.6. The first-order valence-corrected chi connectivity index (χ1v) is 44.3. The van der Waals surface area contributed by atoms with Crippen molar-refractivity contribution in [2.75, 3.05) is 0 Å². The molecule has 10 aromatic carbocycles. The zero-order chi connectivity index (χ0) is 96.2. The Morgan fingerprint density at radius 1 is 0.362 bits per heavy atom. The third-order valence-electron chi connectivity index (χ3n) is 20.4. The van der Waals surface area contributed by atoms with E-state index in [1.54, 1.807) is 30.3 Å². The van der Waals surface area contributed by atoms with Crippen molar-refractivity contribution in [1.29, 1.82) is 0 Å². The minimum atomic E-state index is -4.46. The fourth-order valence-corrected chi connectivity index (χ4v) is 17.8. The summed E-state index contributed by atoms with van der Waals surface area (Å²) in [7, 11) is -1.25. The zero-order valence-corrected chi connectivity index (χ0v) is 88.5. The Bertz CT molecular complexity index is 6220. The molecular weight excluding hydrogens is 2480 g/mol. The van der Waals surface area contributed by atoms with Crippen LogP contribution in [-0.2, 0) is 104 Å². The molecule has 18 nitrogen and oxygen atoms in total. The predicted molar refractivity (Wildman–Crippen MR) is 519 cm³/mol. The quantitative estimate of drug-likeness (QED) is 0.0320. The van der Waals surface area contributed by atoms with E-state index in [4.69, 9.17) is 10.2 Å². The number of carbonyl (C=O) groups is 2. The molecule has 0 aliphatic heterocycles. The molecule has 0 amide bonds. The van der Waals surface area contributed by atoms with E-state index in [0.717, 1.165) is 68.3 Å². The van der Waals surface area contributed by atoms with E-state index >= 15 is 0 Å². The Kier molecular flexibility index (Phi) is 43.6. The molecule has 0 fully saturated rings. The minimum absolute atomic E-state index is 0. The van der Waals surface area contributed by atoms with Gasteiger partial charge in [0.25, 0.3) is 0 Å². The number of aromatic nitrogens is 14. The van der Waals surface area contributed by atoms with Gasteiger partial charge in [0.15, 0.2) is 5.78 Å². The monoisotopic (exact) mass is 2590 g/mol. The van der Waals surface area contributed by atoms with Crippen molar-refractivity contribution < 1.29 is 127 Å². The third kappa shape index (κ3) is 31.5. The van der Waals surface area contributed by atoms with Crippen LogP contribution in [0.25, 0.3) is 79.7 Å². The van der Waals surface area contributed by atoms with Gasteiger partial charge in [0.2, 0.25) is 0 Å². The van der Waals surface area contributed by atoms with Crippen LogP contribution in [0.4, 0.5) is 26.3 Å². The second-order valence-corrected chi connectivity index (χ2v) is 33.9. The molecule has 138 heavy (non-hydrogen) atoms. The summed E-state index contributed by atoms with van der Waals surface area (Å²) in [5, 5.41) is 32.4. The van der Waals surface area contributed by atoms with Gasteiger partial charge in [0, 0.05) is 177 Å². The maximum atomic E-state index is 12.7. The number of halogens is 6. The Morgan fingerprint density at radius 3 is 0.899 bits per heavy atom. The molecule has 29 heteroatoms. The van der Waals surface area contributed by atoms with Crippen molar-refractivity contribution in [1.82, 2.24) is 68.6 Å². The van der Waals surface area contributed by atoms with Crippen molar-refractivity contribution in [3.05, 3.63) is 442 Å². The maximum absolute atomic E-state index is 12.7. The first-order valence-electron chi connectivity index (χ1n) is 42.6. The van der Waals surface area contributed by atoms with Gasteiger partial charge in [-0.2, -0.15) is 26.3 Å². The summed E-state index contributed by atoms with van der Waals surface area (Å²) >= 11 is 0. The van der Waals surface area contributed by atoms with Crippen LogP contribution < -0.4 is 20.8 Å². The Morgan fingerprint density at radius 2 is 0.659 bits per heavy atom. The summed E-state index contributed by atoms with van der Waals surface area (Å²) in [5.74, 6) is 2.67. The van der Waals surface area contributed by atoms with Gasteiger partial charge in [-0.15, -0.1) is 149 Å². The summed E-state index contributed by atoms with van der Waals surface area (Å²) < 4.78 is 83.2. The number of pyridine rings is 2. The topological polar surface area (TPSA) is 226 Å². The summed E-state index contributed by atoms with van der Waals surface area (Å²) in [6.45, 7) is 28.5. The average Bonchev–Trinajstić information content (AvgIpc) is 1.57. The first kappa shape index (κ1) is 112. The van der Waals surface area contributed by atoms with Gasteiger partial charge in [-0.25, -0.2) is 9.78 Å². The Balaban J connectivity index is 0.000000218. The molecule has 0 saturated carbocycles. The van der Waals surface area contributed by atoms with Crippen molar-refractivity contribution in [2.45, 2.75) is 115 Å². The Labute approximate surface area is 856 Å². The number of carboxylic acid groups (broad SMARTS) is 1. The van der Waals surface area contributed by atoms with Crippen molar-refractivity contribution in [2.24, 2.45) is 0 Å². The number of rotatable bonds is 15. The first-order chi connectivity index (χ1) is 64.2. The van der Waals surface area contributed by atoms with Crippen LogP contribution in [0.1, 0.15) is 108 Å². The molecule has 0 bridgehead atoms. The molecule has 18 aromatic rings. The van der Waals surface area contributed by atoms with Gasteiger partial charge in [-0.05, 0) is 202 Å². The van der Waals surface area contributed by atoms with Gasteiger partial charge >= 0.3 is 18.3 Å². The van der Waals surface area contributed by atoms with Crippen molar-refractivity contribution >= 4 is 30.3 Å². The van der Waals surface area contributed by atoms with E-state index in [1.165, 1.54) is 128 Å². The van der Waals surface area contributed by atoms with Crippen LogP contribution in [0.5, 0.6) is 0 Å². The number of carbonyl (C=O) groups excluding carboxylic acids is 1. The standard InChI is InChI=1S/4C18H17N2.C17H13F3N2P.C9H5F3N3.C6H5NO2.C5H8O2.4Ir/c4*1-13-11-14(2)17(15(3)12-13)20-10-9-19-18(20)16-7-5-4-6-8-16;18-17(19,20)16-11-13(21-22-16)12-23(14-7-3-1-4-8-14)15-9-5-2-6-10-15;10-9(11,12)8-5-7(14-15-8)6-3-1-2-4-13-6;8-6(9)5-3-1-2-4-7-5;1-4(6)3-5(2)7;;;;/h4*4-7,9-12H,1-3H3;1-11H,12H2;1-5H;1-4H,(H,8,9);3,6H,1-2H3;;;;/q6*-1;;;;;;/p+1. The van der Waals surface area contributed by atoms with Crippen LogP contribution in [-0.4, -0.2) is 80.3 Å². The SMILES string of the molecule is CC(=O)C=C(C)O.Cc1cc(C)c(-n2ccnc2-c2[c-]cccc2)c(C)c1.Cc1cc(C)c(-n2ccnc2-c2[c-]cccc2)c(C)c1.Cc1cc(C)c(-n2ccnc2-c2[c-]cccc2)c(C)c1.Cc1cc(C)c(-n2ccnc2-c2[c-]cccc2)c(C)c1.FC(F)(F)c1cc(-c2ccccn2)[n-]n1.FC(F)(F)c1cc(C[PH+](c2ccccc2)c2ccccc2)[n-]n1.O=C(O)c1ccccn1.[Ir].[Ir].[Ir].[Ir]. The van der Waals surface area contributed by atoms with E-state index in [1.807, 2.05) is 207 Å². The summed E-state index contributed by atoms with van der Waals surface area (Å²) in [4.78, 5) is 45.6. The molecule has 4 radical (unpaired) electrons. The van der Waals surface area contributed by atoms with E-state index in [-0.39, 0.29) is 103 Å². The number of hydrogen-bond donors (Lipinski definition) is 2. The largest absolute Gasteiger partial charge is 0.576 e. The third-order valence-corrected chi connectivity index (χ3v) is 23.2. The summed E-state index contributed by atoms with van der Waals surface area (Å²) in [6.07, 6.45) is 11.1. The smallest absolute Gasteiger partial charge is 0.431 e. The van der Waals surface area contributed by atoms with Crippen molar-refractivity contribution in [3.8, 4) is 79.7 Å². The molecule has 0 aliphatic carbocycles. The Hall–Kier alpha value is -13.0. The van der Waals surface area contributed by atoms with Crippen LogP contribution in [0.3, 0.4) is 0 Å². The van der Waals surface area contributed by atoms with Crippen LogP contribution in [0, 0.1) is 107 Å². The van der Waals surface area contributed by atoms with Gasteiger partial charge in [0.05, 0.1) is 53.7 Å². The van der Waals surface area contributed by atoms with E-state index < -0.39 is 37.6 Å². The number of nitrogens with zero attached hydrogens (tertiary/aromatic N) is 14. The van der Waals surface area contributed by atoms with Gasteiger partial charge < -0.3 is 48.9 Å². The summed E-state index contributed by atoms with van der Waals surface area (Å²) in [5.41, 5.74) is 23.2.